The zero-order valence-electron chi connectivity index (χ0n) is 13.7. The molecule has 25 heavy (non-hydrogen) atoms. The molecule has 6 nitrogen and oxygen atoms in total. The van der Waals surface area contributed by atoms with Gasteiger partial charge in [0.25, 0.3) is 11.5 Å². The molecule has 0 saturated carbocycles. The molecule has 2 heterocycles. The molecule has 1 fully saturated rings. The molecule has 1 aromatic carbocycles. The fourth-order valence-electron chi connectivity index (χ4n) is 2.77. The minimum Gasteiger partial charge on any atom is -0.336 e. The summed E-state index contributed by atoms with van der Waals surface area (Å²) in [6.45, 7) is 2.85. The Bertz CT molecular complexity index is 866. The molecular weight excluding hydrogens is 345 g/mol. The maximum Gasteiger partial charge on any atom is 0.274 e. The summed E-state index contributed by atoms with van der Waals surface area (Å²) in [7, 11) is -0.926. The van der Waals surface area contributed by atoms with E-state index < -0.39 is 22.2 Å². The van der Waals surface area contributed by atoms with E-state index in [-0.39, 0.29) is 17.5 Å². The van der Waals surface area contributed by atoms with Crippen molar-refractivity contribution in [1.82, 2.24) is 14.7 Å². The van der Waals surface area contributed by atoms with Crippen LogP contribution in [0.2, 0.25) is 0 Å². The van der Waals surface area contributed by atoms with Crippen molar-refractivity contribution in [3.63, 3.8) is 0 Å². The number of aromatic nitrogens is 2. The molecule has 1 aliphatic heterocycles. The molecule has 1 aromatic heterocycles. The molecule has 3 rings (SSSR count). The molecule has 2 unspecified atom stereocenters. The van der Waals surface area contributed by atoms with Gasteiger partial charge < -0.3 is 4.90 Å². The summed E-state index contributed by atoms with van der Waals surface area (Å²) >= 11 is 0. The standard InChI is InChI=1S/C17H18FN3O3S/c1-12-10-20(8-9-25(24)11-12)17(23)15-6-7-16(22)21(19-15)14-4-2-13(18)3-5-14/h2-7,12H,8-11H2,1H3. The Kier molecular flexibility index (Phi) is 5.08. The highest BCUT2D eigenvalue weighted by atomic mass is 32.2. The average molecular weight is 363 g/mol. The van der Waals surface area contributed by atoms with Crippen LogP contribution in [0.4, 0.5) is 4.39 Å². The van der Waals surface area contributed by atoms with Gasteiger partial charge in [-0.15, -0.1) is 0 Å². The third kappa shape index (κ3) is 4.01. The molecule has 0 spiro atoms. The van der Waals surface area contributed by atoms with Crippen molar-refractivity contribution >= 4 is 16.7 Å². The molecule has 1 aliphatic rings. The lowest BCUT2D eigenvalue weighted by molar-refractivity contribution is 0.0743. The van der Waals surface area contributed by atoms with Gasteiger partial charge in [0.1, 0.15) is 11.5 Å². The van der Waals surface area contributed by atoms with Gasteiger partial charge in [0.2, 0.25) is 0 Å². The highest BCUT2D eigenvalue weighted by molar-refractivity contribution is 7.85. The Balaban J connectivity index is 1.91. The number of nitrogens with zero attached hydrogens (tertiary/aromatic N) is 3. The third-order valence-electron chi connectivity index (χ3n) is 3.97. The monoisotopic (exact) mass is 363 g/mol. The van der Waals surface area contributed by atoms with E-state index in [1.54, 1.807) is 4.90 Å². The number of carbonyl (C=O) groups excluding carboxylic acids is 1. The SMILES string of the molecule is CC1CN(C(=O)c2ccc(=O)n(-c3ccc(F)cc3)n2)CCS(=O)C1. The molecule has 0 radical (unpaired) electrons. The summed E-state index contributed by atoms with van der Waals surface area (Å²) in [5, 5.41) is 4.14. The predicted octanol–water partition coefficient (Wildman–Crippen LogP) is 1.21. The maximum absolute atomic E-state index is 13.1. The lowest BCUT2D eigenvalue weighted by Gasteiger charge is -2.21. The number of hydrogen-bond acceptors (Lipinski definition) is 4. The van der Waals surface area contributed by atoms with Crippen LogP contribution in [-0.4, -0.2) is 49.4 Å². The highest BCUT2D eigenvalue weighted by Gasteiger charge is 2.24. The number of hydrogen-bond donors (Lipinski definition) is 0. The zero-order valence-corrected chi connectivity index (χ0v) is 14.5. The smallest absolute Gasteiger partial charge is 0.274 e. The van der Waals surface area contributed by atoms with E-state index in [1.165, 1.54) is 36.4 Å². The van der Waals surface area contributed by atoms with Gasteiger partial charge in [-0.3, -0.25) is 13.8 Å². The van der Waals surface area contributed by atoms with E-state index in [0.717, 1.165) is 4.68 Å². The number of benzene rings is 1. The average Bonchev–Trinajstić information content (AvgIpc) is 2.76. The summed E-state index contributed by atoms with van der Waals surface area (Å²) in [6.07, 6.45) is 0. The van der Waals surface area contributed by atoms with Crippen molar-refractivity contribution in [2.75, 3.05) is 24.6 Å². The van der Waals surface area contributed by atoms with Gasteiger partial charge in [0.05, 0.1) is 5.69 Å². The van der Waals surface area contributed by atoms with Crippen LogP contribution >= 0.6 is 0 Å². The van der Waals surface area contributed by atoms with E-state index in [9.17, 15) is 18.2 Å². The molecule has 0 aliphatic carbocycles. The van der Waals surface area contributed by atoms with Crippen molar-refractivity contribution in [1.29, 1.82) is 0 Å². The van der Waals surface area contributed by atoms with Crippen molar-refractivity contribution in [3.8, 4) is 5.69 Å². The van der Waals surface area contributed by atoms with Crippen LogP contribution in [-0.2, 0) is 10.8 Å². The van der Waals surface area contributed by atoms with Crippen LogP contribution in [0.5, 0.6) is 0 Å². The van der Waals surface area contributed by atoms with Gasteiger partial charge in [-0.2, -0.15) is 9.78 Å². The topological polar surface area (TPSA) is 72.3 Å². The summed E-state index contributed by atoms with van der Waals surface area (Å²) in [6, 6.07) is 7.96. The van der Waals surface area contributed by atoms with Crippen LogP contribution in [0.15, 0.2) is 41.2 Å². The Morgan fingerprint density at radius 1 is 1.24 bits per heavy atom. The second kappa shape index (κ2) is 7.26. The quantitative estimate of drug-likeness (QED) is 0.804. The predicted molar refractivity (Wildman–Crippen MR) is 92.7 cm³/mol. The summed E-state index contributed by atoms with van der Waals surface area (Å²) in [5.74, 6) is 0.424. The second-order valence-electron chi connectivity index (χ2n) is 6.11. The third-order valence-corrected chi connectivity index (χ3v) is 5.55. The molecule has 1 saturated heterocycles. The van der Waals surface area contributed by atoms with E-state index in [1.807, 2.05) is 6.92 Å². The van der Waals surface area contributed by atoms with Gasteiger partial charge in [-0.05, 0) is 36.2 Å². The van der Waals surface area contributed by atoms with Crippen LogP contribution in [0.25, 0.3) is 5.69 Å². The number of carbonyl (C=O) groups is 1. The molecule has 0 bridgehead atoms. The molecule has 8 heteroatoms. The Morgan fingerprint density at radius 3 is 2.68 bits per heavy atom. The van der Waals surface area contributed by atoms with E-state index >= 15 is 0 Å². The fourth-order valence-corrected chi connectivity index (χ4v) is 4.10. The minimum absolute atomic E-state index is 0.129. The van der Waals surface area contributed by atoms with Crippen molar-refractivity contribution < 1.29 is 13.4 Å². The Morgan fingerprint density at radius 2 is 1.96 bits per heavy atom. The minimum atomic E-state index is -0.926. The zero-order chi connectivity index (χ0) is 18.0. The summed E-state index contributed by atoms with van der Waals surface area (Å²) in [5.41, 5.74) is 0.101. The lowest BCUT2D eigenvalue weighted by atomic mass is 10.2. The molecule has 2 atom stereocenters. The van der Waals surface area contributed by atoms with Gasteiger partial charge in [-0.1, -0.05) is 6.92 Å². The highest BCUT2D eigenvalue weighted by Crippen LogP contribution is 2.12. The van der Waals surface area contributed by atoms with Crippen molar-refractivity contribution in [2.24, 2.45) is 5.92 Å². The number of rotatable bonds is 2. The van der Waals surface area contributed by atoms with E-state index in [4.69, 9.17) is 0 Å². The first-order chi connectivity index (χ1) is 11.9. The fraction of sp³-hybridized carbons (Fsp3) is 0.353. The van der Waals surface area contributed by atoms with E-state index in [2.05, 4.69) is 5.10 Å². The number of halogens is 1. The first kappa shape index (κ1) is 17.5. The van der Waals surface area contributed by atoms with Crippen LogP contribution in [0, 0.1) is 11.7 Å². The molecular formula is C17H18FN3O3S. The second-order valence-corrected chi connectivity index (χ2v) is 7.73. The number of amides is 1. The Labute approximate surface area is 146 Å². The summed E-state index contributed by atoms with van der Waals surface area (Å²) in [4.78, 5) is 26.4. The van der Waals surface area contributed by atoms with E-state index in [0.29, 0.717) is 30.3 Å². The van der Waals surface area contributed by atoms with Crippen LogP contribution < -0.4 is 5.56 Å². The van der Waals surface area contributed by atoms with Gasteiger partial charge >= 0.3 is 0 Å². The van der Waals surface area contributed by atoms with Crippen LogP contribution in [0.3, 0.4) is 0 Å². The van der Waals surface area contributed by atoms with Gasteiger partial charge in [0, 0.05) is 41.5 Å². The molecule has 1 amide bonds. The van der Waals surface area contributed by atoms with Gasteiger partial charge in [0.15, 0.2) is 0 Å². The largest absolute Gasteiger partial charge is 0.336 e. The van der Waals surface area contributed by atoms with Gasteiger partial charge in [-0.25, -0.2) is 4.39 Å². The molecule has 0 N–H and O–H groups in total. The van der Waals surface area contributed by atoms with Crippen LogP contribution in [0.1, 0.15) is 17.4 Å². The summed E-state index contributed by atoms with van der Waals surface area (Å²) < 4.78 is 25.9. The van der Waals surface area contributed by atoms with Crippen molar-refractivity contribution in [2.45, 2.75) is 6.92 Å². The van der Waals surface area contributed by atoms with Crippen molar-refractivity contribution in [3.05, 3.63) is 58.3 Å². The normalized spacial score (nSPS) is 21.0. The first-order valence-corrected chi connectivity index (χ1v) is 9.43. The lowest BCUT2D eigenvalue weighted by Crippen LogP contribution is -2.37. The molecule has 2 aromatic rings. The maximum atomic E-state index is 13.1. The first-order valence-electron chi connectivity index (χ1n) is 7.94. The Hall–Kier alpha value is -2.35. The molecule has 132 valence electrons.